The molecule has 0 fully saturated rings. The van der Waals surface area contributed by atoms with E-state index in [-0.39, 0.29) is 22.7 Å². The fourth-order valence-corrected chi connectivity index (χ4v) is 2.59. The SMILES string of the molecule is COc1c(O)cc(C(C)(C)c2ccccc2)c(C)c1O. The van der Waals surface area contributed by atoms with E-state index in [1.54, 1.807) is 6.07 Å². The Hall–Kier alpha value is -2.16. The number of methoxy groups -OCH3 is 1. The minimum atomic E-state index is -0.327. The van der Waals surface area contributed by atoms with Crippen LogP contribution in [0.5, 0.6) is 17.2 Å². The number of rotatable bonds is 3. The van der Waals surface area contributed by atoms with Crippen molar-refractivity contribution in [2.45, 2.75) is 26.2 Å². The van der Waals surface area contributed by atoms with E-state index in [4.69, 9.17) is 4.74 Å². The van der Waals surface area contributed by atoms with Crippen LogP contribution in [-0.2, 0) is 5.41 Å². The zero-order chi connectivity index (χ0) is 14.9. The molecule has 0 aliphatic rings. The Balaban J connectivity index is 2.64. The first-order chi connectivity index (χ1) is 9.39. The van der Waals surface area contributed by atoms with Crippen molar-refractivity contribution in [1.29, 1.82) is 0 Å². The maximum absolute atomic E-state index is 10.2. The topological polar surface area (TPSA) is 49.7 Å². The lowest BCUT2D eigenvalue weighted by molar-refractivity contribution is 0.341. The summed E-state index contributed by atoms with van der Waals surface area (Å²) in [5.41, 5.74) is 2.38. The van der Waals surface area contributed by atoms with Gasteiger partial charge in [-0.05, 0) is 29.7 Å². The second-order valence-electron chi connectivity index (χ2n) is 5.44. The van der Waals surface area contributed by atoms with Crippen LogP contribution in [0.4, 0.5) is 0 Å². The summed E-state index contributed by atoms with van der Waals surface area (Å²) in [6.45, 7) is 5.96. The number of hydrogen-bond acceptors (Lipinski definition) is 3. The normalized spacial score (nSPS) is 11.4. The molecule has 2 N–H and O–H groups in total. The predicted molar refractivity (Wildman–Crippen MR) is 79.6 cm³/mol. The maximum atomic E-state index is 10.2. The summed E-state index contributed by atoms with van der Waals surface area (Å²) in [6.07, 6.45) is 0. The molecular weight excluding hydrogens is 252 g/mol. The molecule has 0 radical (unpaired) electrons. The highest BCUT2D eigenvalue weighted by Crippen LogP contribution is 2.45. The minimum absolute atomic E-state index is 0.00786. The van der Waals surface area contributed by atoms with Crippen molar-refractivity contribution in [3.8, 4) is 17.2 Å². The highest BCUT2D eigenvalue weighted by molar-refractivity contribution is 5.60. The van der Waals surface area contributed by atoms with Gasteiger partial charge in [-0.2, -0.15) is 0 Å². The van der Waals surface area contributed by atoms with Crippen LogP contribution in [-0.4, -0.2) is 17.3 Å². The molecule has 0 unspecified atom stereocenters. The van der Waals surface area contributed by atoms with Gasteiger partial charge >= 0.3 is 0 Å². The first-order valence-corrected chi connectivity index (χ1v) is 6.55. The molecule has 3 heteroatoms. The van der Waals surface area contributed by atoms with E-state index in [9.17, 15) is 10.2 Å². The Morgan fingerprint density at radius 2 is 1.65 bits per heavy atom. The molecule has 0 heterocycles. The quantitative estimate of drug-likeness (QED) is 0.894. The van der Waals surface area contributed by atoms with Crippen LogP contribution in [0.2, 0.25) is 0 Å². The molecule has 2 aromatic carbocycles. The van der Waals surface area contributed by atoms with E-state index in [1.165, 1.54) is 7.11 Å². The number of benzene rings is 2. The lowest BCUT2D eigenvalue weighted by Crippen LogP contribution is -2.20. The monoisotopic (exact) mass is 272 g/mol. The lowest BCUT2D eigenvalue weighted by atomic mass is 9.76. The fourth-order valence-electron chi connectivity index (χ4n) is 2.59. The largest absolute Gasteiger partial charge is 0.504 e. The molecule has 2 aromatic rings. The molecule has 0 saturated heterocycles. The van der Waals surface area contributed by atoms with Gasteiger partial charge in [0, 0.05) is 5.41 Å². The Kier molecular flexibility index (Phi) is 3.62. The first-order valence-electron chi connectivity index (χ1n) is 6.55. The fraction of sp³-hybridized carbons (Fsp3) is 0.294. The number of ether oxygens (including phenoxy) is 1. The van der Waals surface area contributed by atoms with Crippen molar-refractivity contribution in [2.24, 2.45) is 0 Å². The van der Waals surface area contributed by atoms with Crippen LogP contribution in [0.25, 0.3) is 0 Å². The Morgan fingerprint density at radius 3 is 2.20 bits per heavy atom. The second kappa shape index (κ2) is 5.08. The third-order valence-corrected chi connectivity index (χ3v) is 3.86. The molecule has 0 atom stereocenters. The van der Waals surface area contributed by atoms with Crippen molar-refractivity contribution >= 4 is 0 Å². The van der Waals surface area contributed by atoms with Crippen molar-refractivity contribution < 1.29 is 14.9 Å². The molecule has 0 bridgehead atoms. The van der Waals surface area contributed by atoms with E-state index >= 15 is 0 Å². The van der Waals surface area contributed by atoms with E-state index < -0.39 is 0 Å². The number of phenolic OH excluding ortho intramolecular Hbond substituents is 2. The number of aromatic hydroxyl groups is 2. The molecule has 0 saturated carbocycles. The Bertz CT molecular complexity index is 616. The molecule has 20 heavy (non-hydrogen) atoms. The Morgan fingerprint density at radius 1 is 1.05 bits per heavy atom. The van der Waals surface area contributed by atoms with Crippen molar-refractivity contribution in [3.63, 3.8) is 0 Å². The van der Waals surface area contributed by atoms with Gasteiger partial charge in [-0.3, -0.25) is 0 Å². The zero-order valence-electron chi connectivity index (χ0n) is 12.3. The van der Waals surface area contributed by atoms with E-state index in [0.717, 1.165) is 11.1 Å². The lowest BCUT2D eigenvalue weighted by Gasteiger charge is -2.29. The molecule has 0 aliphatic carbocycles. The van der Waals surface area contributed by atoms with E-state index in [1.807, 2.05) is 37.3 Å². The van der Waals surface area contributed by atoms with E-state index in [2.05, 4.69) is 13.8 Å². The van der Waals surface area contributed by atoms with Crippen LogP contribution in [0, 0.1) is 6.92 Å². The van der Waals surface area contributed by atoms with Gasteiger partial charge in [0.1, 0.15) is 0 Å². The summed E-state index contributed by atoms with van der Waals surface area (Å²) in [7, 11) is 1.43. The van der Waals surface area contributed by atoms with Gasteiger partial charge in [-0.15, -0.1) is 0 Å². The summed E-state index contributed by atoms with van der Waals surface area (Å²) in [4.78, 5) is 0. The van der Waals surface area contributed by atoms with Gasteiger partial charge in [0.25, 0.3) is 0 Å². The predicted octanol–water partition coefficient (Wildman–Crippen LogP) is 3.74. The van der Waals surface area contributed by atoms with Crippen LogP contribution < -0.4 is 4.74 Å². The van der Waals surface area contributed by atoms with E-state index in [0.29, 0.717) is 5.56 Å². The zero-order valence-corrected chi connectivity index (χ0v) is 12.3. The van der Waals surface area contributed by atoms with Crippen molar-refractivity contribution in [3.05, 3.63) is 53.1 Å². The van der Waals surface area contributed by atoms with Gasteiger partial charge < -0.3 is 14.9 Å². The van der Waals surface area contributed by atoms with Crippen LogP contribution in [0.3, 0.4) is 0 Å². The Labute approximate surface area is 119 Å². The molecule has 0 amide bonds. The summed E-state index contributed by atoms with van der Waals surface area (Å²) in [5, 5.41) is 20.2. The van der Waals surface area contributed by atoms with Gasteiger partial charge in [-0.1, -0.05) is 44.2 Å². The highest BCUT2D eigenvalue weighted by Gasteiger charge is 2.28. The van der Waals surface area contributed by atoms with Crippen LogP contribution in [0.15, 0.2) is 36.4 Å². The van der Waals surface area contributed by atoms with Gasteiger partial charge in [0.15, 0.2) is 11.5 Å². The van der Waals surface area contributed by atoms with Crippen molar-refractivity contribution in [1.82, 2.24) is 0 Å². The average molecular weight is 272 g/mol. The molecular formula is C17H20O3. The van der Waals surface area contributed by atoms with Crippen LogP contribution >= 0.6 is 0 Å². The molecule has 0 aliphatic heterocycles. The maximum Gasteiger partial charge on any atom is 0.203 e. The first kappa shape index (κ1) is 14.3. The molecule has 2 rings (SSSR count). The summed E-state index contributed by atoms with van der Waals surface area (Å²) >= 11 is 0. The number of phenols is 2. The standard InChI is InChI=1S/C17H20O3/c1-11-13(10-14(18)16(20-4)15(11)19)17(2,3)12-8-6-5-7-9-12/h5-10,18-19H,1-4H3. The molecule has 0 spiro atoms. The second-order valence-corrected chi connectivity index (χ2v) is 5.44. The van der Waals surface area contributed by atoms with Crippen molar-refractivity contribution in [2.75, 3.05) is 7.11 Å². The van der Waals surface area contributed by atoms with Gasteiger partial charge in [-0.25, -0.2) is 0 Å². The average Bonchev–Trinajstić information content (AvgIpc) is 2.44. The minimum Gasteiger partial charge on any atom is -0.504 e. The molecule has 106 valence electrons. The third kappa shape index (κ3) is 2.20. The smallest absolute Gasteiger partial charge is 0.203 e. The van der Waals surface area contributed by atoms with Gasteiger partial charge in [0.2, 0.25) is 5.75 Å². The van der Waals surface area contributed by atoms with Gasteiger partial charge in [0.05, 0.1) is 7.11 Å². The summed E-state index contributed by atoms with van der Waals surface area (Å²) < 4.78 is 5.03. The van der Waals surface area contributed by atoms with Crippen LogP contribution in [0.1, 0.15) is 30.5 Å². The highest BCUT2D eigenvalue weighted by atomic mass is 16.5. The summed E-state index contributed by atoms with van der Waals surface area (Å²) in [5.74, 6) is 0.0659. The number of hydrogen-bond donors (Lipinski definition) is 2. The molecule has 3 nitrogen and oxygen atoms in total. The summed E-state index contributed by atoms with van der Waals surface area (Å²) in [6, 6.07) is 11.7. The molecule has 0 aromatic heterocycles. The third-order valence-electron chi connectivity index (χ3n) is 3.86.